The van der Waals surface area contributed by atoms with Gasteiger partial charge in [-0.1, -0.05) is 12.1 Å². The molecule has 5 heterocycles. The second-order valence-electron chi connectivity index (χ2n) is 11.1. The van der Waals surface area contributed by atoms with Crippen LogP contribution >= 0.6 is 0 Å². The summed E-state index contributed by atoms with van der Waals surface area (Å²) in [5, 5.41) is 14.3. The van der Waals surface area contributed by atoms with Crippen LogP contribution in [0.3, 0.4) is 0 Å². The molecule has 1 saturated heterocycles. The molecule has 1 fully saturated rings. The van der Waals surface area contributed by atoms with Gasteiger partial charge in [-0.25, -0.2) is 14.8 Å². The highest BCUT2D eigenvalue weighted by Gasteiger charge is 2.23. The van der Waals surface area contributed by atoms with Crippen molar-refractivity contribution >= 4 is 22.8 Å². The summed E-state index contributed by atoms with van der Waals surface area (Å²) in [4.78, 5) is 27.2. The highest BCUT2D eigenvalue weighted by molar-refractivity contribution is 5.93. The van der Waals surface area contributed by atoms with Gasteiger partial charge in [0.15, 0.2) is 11.3 Å². The van der Waals surface area contributed by atoms with Gasteiger partial charge in [0, 0.05) is 55.2 Å². The average Bonchev–Trinajstić information content (AvgIpc) is 3.63. The molecule has 1 aliphatic rings. The molecule has 0 unspecified atom stereocenters. The van der Waals surface area contributed by atoms with Crippen molar-refractivity contribution in [3.63, 3.8) is 0 Å². The van der Waals surface area contributed by atoms with Crippen molar-refractivity contribution in [2.45, 2.75) is 45.6 Å². The first-order valence-electron chi connectivity index (χ1n) is 13.9. The second-order valence-corrected chi connectivity index (χ2v) is 11.1. The summed E-state index contributed by atoms with van der Waals surface area (Å²) in [7, 11) is 3.44. The summed E-state index contributed by atoms with van der Waals surface area (Å²) < 4.78 is 14.3. The lowest BCUT2D eigenvalue weighted by Crippen LogP contribution is -2.39. The van der Waals surface area contributed by atoms with Gasteiger partial charge in [0.2, 0.25) is 0 Å². The number of nitrogens with zero attached hydrogens (tertiary/aromatic N) is 8. The zero-order valence-corrected chi connectivity index (χ0v) is 24.5. The molecule has 0 radical (unpaired) electrons. The summed E-state index contributed by atoms with van der Waals surface area (Å²) in [5.74, 6) is 0. The third-order valence-corrected chi connectivity index (χ3v) is 6.85. The van der Waals surface area contributed by atoms with Crippen molar-refractivity contribution in [1.82, 2.24) is 34.0 Å². The molecule has 0 spiro atoms. The van der Waals surface area contributed by atoms with Gasteiger partial charge in [-0.15, -0.1) is 0 Å². The maximum Gasteiger partial charge on any atom is 0.410 e. The smallest absolute Gasteiger partial charge is 0.410 e. The number of methoxy groups -OCH3 is 1. The van der Waals surface area contributed by atoms with E-state index in [4.69, 9.17) is 19.7 Å². The van der Waals surface area contributed by atoms with Crippen molar-refractivity contribution in [2.24, 2.45) is 7.05 Å². The van der Waals surface area contributed by atoms with E-state index in [-0.39, 0.29) is 11.7 Å². The molecule has 0 aliphatic carbocycles. The molecule has 1 aromatic carbocycles. The van der Waals surface area contributed by atoms with E-state index in [1.807, 2.05) is 52.2 Å². The normalized spacial score (nSPS) is 13.4. The summed E-state index contributed by atoms with van der Waals surface area (Å²) in [6.45, 7) is 7.41. The van der Waals surface area contributed by atoms with Crippen LogP contribution < -0.4 is 4.74 Å². The molecule has 1 amide bonds. The van der Waals surface area contributed by atoms with Crippen LogP contribution in [0.4, 0.5) is 4.79 Å². The Bertz CT molecular complexity index is 1750. The number of fused-ring (bicyclic) bond motifs is 2. The van der Waals surface area contributed by atoms with E-state index in [0.717, 1.165) is 53.7 Å². The largest absolute Gasteiger partial charge is 0.468 e. The van der Waals surface area contributed by atoms with Gasteiger partial charge in [-0.3, -0.25) is 9.08 Å². The fourth-order valence-electron chi connectivity index (χ4n) is 4.86. The molecular formula is C31H34N8O3. The van der Waals surface area contributed by atoms with E-state index in [1.165, 1.54) is 6.42 Å². The molecule has 5 aromatic rings. The maximum absolute atomic E-state index is 11.5. The number of hydrogen-bond donors (Lipinski definition) is 0. The van der Waals surface area contributed by atoms with Crippen LogP contribution in [0.2, 0.25) is 0 Å². The minimum Gasteiger partial charge on any atom is -0.468 e. The third kappa shape index (κ3) is 6.02. The summed E-state index contributed by atoms with van der Waals surface area (Å²) >= 11 is 0. The molecule has 0 N–H and O–H groups in total. The van der Waals surface area contributed by atoms with Gasteiger partial charge in [0.1, 0.15) is 5.60 Å². The number of likely N-dealkylation sites (tertiary alicyclic amines) is 1. The molecule has 42 heavy (non-hydrogen) atoms. The molecule has 0 saturated carbocycles. The zero-order chi connectivity index (χ0) is 29.9. The summed E-state index contributed by atoms with van der Waals surface area (Å²) in [6, 6.07) is 11.9. The number of benzene rings is 1. The summed E-state index contributed by atoms with van der Waals surface area (Å²) in [6.07, 6.45) is 10.4. The van der Waals surface area contributed by atoms with Crippen molar-refractivity contribution in [2.75, 3.05) is 20.2 Å². The lowest BCUT2D eigenvalue weighted by molar-refractivity contribution is 0.0216. The molecule has 0 bridgehead atoms. The quantitative estimate of drug-likeness (QED) is 0.275. The van der Waals surface area contributed by atoms with Gasteiger partial charge in [0.25, 0.3) is 0 Å². The Morgan fingerprint density at radius 3 is 2.40 bits per heavy atom. The molecule has 4 aromatic heterocycles. The predicted molar refractivity (Wildman–Crippen MR) is 159 cm³/mol. The number of hydrogen-bond acceptors (Lipinski definition) is 8. The Kier molecular flexibility index (Phi) is 8.06. The number of piperidine rings is 1. The van der Waals surface area contributed by atoms with E-state index in [9.17, 15) is 4.79 Å². The number of nitriles is 1. The zero-order valence-electron chi connectivity index (χ0n) is 24.5. The number of aromatic nitrogens is 6. The number of carbonyl (C=O) groups is 1. The second kappa shape index (κ2) is 11.9. The fourth-order valence-corrected chi connectivity index (χ4v) is 4.86. The SMILES string of the molecule is CC(C)(C)OC(=O)N1CCCCC1.COc1nc(-c2ccc(C#N)cc2)c(-c2cnc3c(cnn3C)c2)c2nccn12. The third-order valence-electron chi connectivity index (χ3n) is 6.85. The first-order valence-corrected chi connectivity index (χ1v) is 13.9. The van der Waals surface area contributed by atoms with E-state index in [1.54, 1.807) is 51.8 Å². The minimum absolute atomic E-state index is 0.160. The molecule has 6 rings (SSSR count). The number of carbonyl (C=O) groups excluding carboxylic acids is 1. The topological polar surface area (TPSA) is 123 Å². The number of pyridine rings is 1. The van der Waals surface area contributed by atoms with Gasteiger partial charge in [-0.05, 0) is 58.2 Å². The first kappa shape index (κ1) is 28.5. The van der Waals surface area contributed by atoms with Gasteiger partial charge in [-0.2, -0.15) is 15.3 Å². The molecule has 216 valence electrons. The Balaban J connectivity index is 0.000000229. The highest BCUT2D eigenvalue weighted by Crippen LogP contribution is 2.36. The lowest BCUT2D eigenvalue weighted by atomic mass is 10.00. The molecule has 1 aliphatic heterocycles. The molecular weight excluding hydrogens is 532 g/mol. The van der Waals surface area contributed by atoms with Crippen LogP contribution in [0.25, 0.3) is 39.1 Å². The van der Waals surface area contributed by atoms with Crippen LogP contribution in [-0.4, -0.2) is 65.9 Å². The van der Waals surface area contributed by atoms with E-state index < -0.39 is 0 Å². The van der Waals surface area contributed by atoms with Crippen molar-refractivity contribution < 1.29 is 14.3 Å². The molecule has 11 nitrogen and oxygen atoms in total. The van der Waals surface area contributed by atoms with Crippen LogP contribution in [0.1, 0.15) is 45.6 Å². The Labute approximate surface area is 244 Å². The van der Waals surface area contributed by atoms with E-state index in [0.29, 0.717) is 22.9 Å². The van der Waals surface area contributed by atoms with Crippen molar-refractivity contribution in [3.05, 3.63) is 60.7 Å². The number of ether oxygens (including phenoxy) is 2. The van der Waals surface area contributed by atoms with Crippen LogP contribution in [0.15, 0.2) is 55.1 Å². The monoisotopic (exact) mass is 566 g/mol. The standard InChI is InChI=1S/C21H15N7O.C10H19NO2/c1-27-19-16(12-25-27)9-15(11-24-19)17-18(14-5-3-13(10-22)4-6-14)26-21(29-2)28-8-7-23-20(17)28;1-10(2,3)13-9(12)11-7-5-4-6-8-11/h3-9,11-12H,1-2H3;4-8H2,1-3H3. The van der Waals surface area contributed by atoms with Crippen LogP contribution in [0.5, 0.6) is 6.01 Å². The predicted octanol–water partition coefficient (Wildman–Crippen LogP) is 5.63. The van der Waals surface area contributed by atoms with Crippen LogP contribution in [-0.2, 0) is 11.8 Å². The molecule has 11 heteroatoms. The number of aryl methyl sites for hydroxylation is 1. The van der Waals surface area contributed by atoms with Gasteiger partial charge >= 0.3 is 12.1 Å². The van der Waals surface area contributed by atoms with Crippen molar-refractivity contribution in [3.8, 4) is 34.5 Å². The molecule has 0 atom stereocenters. The van der Waals surface area contributed by atoms with E-state index in [2.05, 4.69) is 21.1 Å². The number of rotatable bonds is 3. The Hall–Kier alpha value is -4.98. The summed E-state index contributed by atoms with van der Waals surface area (Å²) in [5.41, 5.74) is 4.99. The maximum atomic E-state index is 11.5. The van der Waals surface area contributed by atoms with Gasteiger partial charge < -0.3 is 14.4 Å². The fraction of sp³-hybridized carbons (Fsp3) is 0.355. The highest BCUT2D eigenvalue weighted by atomic mass is 16.6. The van der Waals surface area contributed by atoms with Crippen LogP contribution in [0, 0.1) is 11.3 Å². The average molecular weight is 567 g/mol. The first-order chi connectivity index (χ1) is 20.2. The lowest BCUT2D eigenvalue weighted by Gasteiger charge is -2.29. The Morgan fingerprint density at radius 2 is 1.74 bits per heavy atom. The van der Waals surface area contributed by atoms with Crippen molar-refractivity contribution in [1.29, 1.82) is 5.26 Å². The number of amides is 1. The Morgan fingerprint density at radius 1 is 1.00 bits per heavy atom. The van der Waals surface area contributed by atoms with E-state index >= 15 is 0 Å². The minimum atomic E-state index is -0.367. The number of imidazole rings is 1. The van der Waals surface area contributed by atoms with Gasteiger partial charge in [0.05, 0.1) is 36.2 Å².